The molecule has 1 aromatic heterocycles. The Morgan fingerprint density at radius 2 is 2.50 bits per heavy atom. The summed E-state index contributed by atoms with van der Waals surface area (Å²) in [5.41, 5.74) is 5.89. The van der Waals surface area contributed by atoms with E-state index >= 15 is 0 Å². The fraction of sp³-hybridized carbons (Fsp3) is 0.333. The molecule has 0 aliphatic rings. The summed E-state index contributed by atoms with van der Waals surface area (Å²) in [4.78, 5) is 15.5. The predicted octanol–water partition coefficient (Wildman–Crippen LogP) is 0.921. The Hall–Kier alpha value is -0.940. The van der Waals surface area contributed by atoms with E-state index in [0.717, 1.165) is 0 Å². The normalized spacial score (nSPS) is 12.2. The number of carbonyl (C=O) groups is 1. The minimum absolute atomic E-state index is 0.0542. The summed E-state index contributed by atoms with van der Waals surface area (Å²) in [6.07, 6.45) is 1.57. The zero-order valence-corrected chi connectivity index (χ0v) is 9.41. The van der Waals surface area contributed by atoms with Crippen LogP contribution < -0.4 is 11.1 Å². The summed E-state index contributed by atoms with van der Waals surface area (Å²) in [7, 11) is 0. The monoisotopic (exact) mass is 257 g/mol. The van der Waals surface area contributed by atoms with E-state index in [9.17, 15) is 4.79 Å². The highest BCUT2D eigenvalue weighted by molar-refractivity contribution is 9.10. The highest BCUT2D eigenvalue weighted by atomic mass is 79.9. The van der Waals surface area contributed by atoms with Gasteiger partial charge in [0.15, 0.2) is 0 Å². The van der Waals surface area contributed by atoms with E-state index in [1.54, 1.807) is 18.3 Å². The average molecular weight is 258 g/mol. The molecule has 1 rings (SSSR count). The summed E-state index contributed by atoms with van der Waals surface area (Å²) in [5.74, 6) is -0.213. The molecule has 0 bridgehead atoms. The van der Waals surface area contributed by atoms with Gasteiger partial charge in [0.25, 0.3) is 5.91 Å². The molecule has 1 atom stereocenters. The van der Waals surface area contributed by atoms with Crippen LogP contribution in [0.3, 0.4) is 0 Å². The van der Waals surface area contributed by atoms with E-state index in [4.69, 9.17) is 5.73 Å². The number of pyridine rings is 1. The van der Waals surface area contributed by atoms with Crippen molar-refractivity contribution in [2.75, 3.05) is 6.54 Å². The van der Waals surface area contributed by atoms with Gasteiger partial charge >= 0.3 is 0 Å². The SMILES string of the molecule is CC(N)CNC(=O)c1ncccc1Br. The number of rotatable bonds is 3. The van der Waals surface area contributed by atoms with Crippen LogP contribution in [0.25, 0.3) is 0 Å². The Morgan fingerprint density at radius 1 is 1.79 bits per heavy atom. The van der Waals surface area contributed by atoms with Gasteiger partial charge in [0.05, 0.1) is 0 Å². The molecule has 0 fully saturated rings. The van der Waals surface area contributed by atoms with Gasteiger partial charge in [-0.3, -0.25) is 4.79 Å². The van der Waals surface area contributed by atoms with Crippen LogP contribution in [0, 0.1) is 0 Å². The molecule has 0 aliphatic heterocycles. The maximum absolute atomic E-state index is 11.5. The van der Waals surface area contributed by atoms with Gasteiger partial charge in [0.1, 0.15) is 5.69 Å². The number of nitrogens with one attached hydrogen (secondary N) is 1. The van der Waals surface area contributed by atoms with Crippen molar-refractivity contribution in [3.05, 3.63) is 28.5 Å². The summed E-state index contributed by atoms with van der Waals surface area (Å²) in [6.45, 7) is 2.27. The van der Waals surface area contributed by atoms with Crippen LogP contribution >= 0.6 is 15.9 Å². The molecule has 0 saturated heterocycles. The molecular formula is C9H12BrN3O. The van der Waals surface area contributed by atoms with Crippen LogP contribution in [0.1, 0.15) is 17.4 Å². The lowest BCUT2D eigenvalue weighted by Gasteiger charge is -2.07. The van der Waals surface area contributed by atoms with Crippen LogP contribution in [-0.2, 0) is 0 Å². The topological polar surface area (TPSA) is 68.0 Å². The molecule has 3 N–H and O–H groups in total. The summed E-state index contributed by atoms with van der Waals surface area (Å²) >= 11 is 3.25. The van der Waals surface area contributed by atoms with Crippen molar-refractivity contribution in [1.82, 2.24) is 10.3 Å². The molecule has 0 radical (unpaired) electrons. The molecule has 1 aromatic rings. The molecule has 0 spiro atoms. The molecular weight excluding hydrogens is 246 g/mol. The summed E-state index contributed by atoms with van der Waals surface area (Å²) < 4.78 is 0.683. The fourth-order valence-electron chi connectivity index (χ4n) is 0.890. The number of hydrogen-bond donors (Lipinski definition) is 2. The lowest BCUT2D eigenvalue weighted by atomic mass is 10.3. The lowest BCUT2D eigenvalue weighted by Crippen LogP contribution is -2.35. The first-order chi connectivity index (χ1) is 6.61. The van der Waals surface area contributed by atoms with Crippen LogP contribution in [0.15, 0.2) is 22.8 Å². The second-order valence-electron chi connectivity index (χ2n) is 3.02. The third-order valence-electron chi connectivity index (χ3n) is 1.56. The van der Waals surface area contributed by atoms with Gasteiger partial charge in [-0.1, -0.05) is 0 Å². The predicted molar refractivity (Wildman–Crippen MR) is 57.9 cm³/mol. The van der Waals surface area contributed by atoms with E-state index in [-0.39, 0.29) is 11.9 Å². The van der Waals surface area contributed by atoms with Crippen molar-refractivity contribution in [1.29, 1.82) is 0 Å². The molecule has 0 saturated carbocycles. The fourth-order valence-corrected chi connectivity index (χ4v) is 1.33. The molecule has 76 valence electrons. The van der Waals surface area contributed by atoms with E-state index in [1.807, 2.05) is 6.92 Å². The maximum atomic E-state index is 11.5. The highest BCUT2D eigenvalue weighted by Crippen LogP contribution is 2.12. The van der Waals surface area contributed by atoms with Gasteiger partial charge in [-0.05, 0) is 35.0 Å². The zero-order chi connectivity index (χ0) is 10.6. The summed E-state index contributed by atoms with van der Waals surface area (Å²) in [6, 6.07) is 3.47. The van der Waals surface area contributed by atoms with Gasteiger partial charge < -0.3 is 11.1 Å². The molecule has 14 heavy (non-hydrogen) atoms. The first kappa shape index (κ1) is 11.1. The lowest BCUT2D eigenvalue weighted by molar-refractivity contribution is 0.0946. The van der Waals surface area contributed by atoms with Gasteiger partial charge in [0.2, 0.25) is 0 Å². The Morgan fingerprint density at radius 3 is 3.07 bits per heavy atom. The smallest absolute Gasteiger partial charge is 0.271 e. The second-order valence-corrected chi connectivity index (χ2v) is 3.88. The van der Waals surface area contributed by atoms with E-state index in [1.165, 1.54) is 0 Å². The molecule has 1 amide bonds. The van der Waals surface area contributed by atoms with Crippen molar-refractivity contribution in [3.8, 4) is 0 Å². The van der Waals surface area contributed by atoms with Gasteiger partial charge in [-0.15, -0.1) is 0 Å². The van der Waals surface area contributed by atoms with E-state index in [2.05, 4.69) is 26.2 Å². The van der Waals surface area contributed by atoms with Crippen molar-refractivity contribution in [3.63, 3.8) is 0 Å². The Balaban J connectivity index is 2.65. The third-order valence-corrected chi connectivity index (χ3v) is 2.20. The molecule has 0 aromatic carbocycles. The van der Waals surface area contributed by atoms with Gasteiger partial charge in [-0.2, -0.15) is 0 Å². The highest BCUT2D eigenvalue weighted by Gasteiger charge is 2.10. The number of hydrogen-bond acceptors (Lipinski definition) is 3. The average Bonchev–Trinajstić information content (AvgIpc) is 2.15. The standard InChI is InChI=1S/C9H12BrN3O/c1-6(11)5-13-9(14)8-7(10)3-2-4-12-8/h2-4,6H,5,11H2,1H3,(H,13,14). The Bertz CT molecular complexity index is 328. The van der Waals surface area contributed by atoms with Crippen molar-refractivity contribution >= 4 is 21.8 Å². The first-order valence-corrected chi connectivity index (χ1v) is 5.05. The van der Waals surface area contributed by atoms with Crippen LogP contribution in [0.4, 0.5) is 0 Å². The van der Waals surface area contributed by atoms with Gasteiger partial charge in [0, 0.05) is 23.3 Å². The van der Waals surface area contributed by atoms with Gasteiger partial charge in [-0.25, -0.2) is 4.98 Å². The van der Waals surface area contributed by atoms with Crippen molar-refractivity contribution in [2.45, 2.75) is 13.0 Å². The third kappa shape index (κ3) is 3.08. The van der Waals surface area contributed by atoms with Crippen LogP contribution in [-0.4, -0.2) is 23.5 Å². The first-order valence-electron chi connectivity index (χ1n) is 4.25. The Labute approximate surface area is 91.0 Å². The summed E-state index contributed by atoms with van der Waals surface area (Å²) in [5, 5.41) is 2.68. The minimum Gasteiger partial charge on any atom is -0.349 e. The number of nitrogens with zero attached hydrogens (tertiary/aromatic N) is 1. The van der Waals surface area contributed by atoms with Crippen LogP contribution in [0.5, 0.6) is 0 Å². The molecule has 1 unspecified atom stereocenters. The number of carbonyl (C=O) groups excluding carboxylic acids is 1. The number of nitrogens with two attached hydrogens (primary N) is 1. The number of aromatic nitrogens is 1. The van der Waals surface area contributed by atoms with Crippen molar-refractivity contribution in [2.24, 2.45) is 5.73 Å². The molecule has 4 nitrogen and oxygen atoms in total. The molecule has 1 heterocycles. The minimum atomic E-state index is -0.213. The second kappa shape index (κ2) is 5.07. The number of amides is 1. The zero-order valence-electron chi connectivity index (χ0n) is 7.83. The quantitative estimate of drug-likeness (QED) is 0.847. The number of halogens is 1. The van der Waals surface area contributed by atoms with E-state index < -0.39 is 0 Å². The van der Waals surface area contributed by atoms with Crippen molar-refractivity contribution < 1.29 is 4.79 Å². The maximum Gasteiger partial charge on any atom is 0.271 e. The van der Waals surface area contributed by atoms with E-state index in [0.29, 0.717) is 16.7 Å². The Kier molecular flexibility index (Phi) is 4.03. The van der Waals surface area contributed by atoms with Crippen LogP contribution in [0.2, 0.25) is 0 Å². The molecule has 0 aliphatic carbocycles. The molecule has 5 heteroatoms. The largest absolute Gasteiger partial charge is 0.349 e.